The third-order valence-corrected chi connectivity index (χ3v) is 14.4. The molecule has 0 spiro atoms. The Kier molecular flexibility index (Phi) is 13.6. The molecule has 0 saturated heterocycles. The molecule has 3 amide bonds. The molecule has 8 atom stereocenters. The van der Waals surface area contributed by atoms with Crippen LogP contribution in [0.4, 0.5) is 9.59 Å². The van der Waals surface area contributed by atoms with E-state index in [4.69, 9.17) is 10.5 Å². The average molecular weight is 651 g/mol. The van der Waals surface area contributed by atoms with Crippen molar-refractivity contribution in [3.63, 3.8) is 0 Å². The summed E-state index contributed by atoms with van der Waals surface area (Å²) < 4.78 is 5.93. The van der Waals surface area contributed by atoms with Gasteiger partial charge in [0.05, 0.1) is 0 Å². The van der Waals surface area contributed by atoms with Crippen molar-refractivity contribution in [3.05, 3.63) is 11.6 Å². The van der Waals surface area contributed by atoms with Gasteiger partial charge in [-0.15, -0.1) is 0 Å². The highest BCUT2D eigenvalue weighted by atomic mass is 33.1. The Hall–Kier alpha value is -1.06. The molecule has 252 valence electrons. The fourth-order valence-corrected chi connectivity index (χ4v) is 11.5. The second-order valence-corrected chi connectivity index (χ2v) is 17.8. The minimum Gasteiger partial charge on any atom is -0.446 e. The van der Waals surface area contributed by atoms with Crippen molar-refractivity contribution in [2.45, 2.75) is 111 Å². The van der Waals surface area contributed by atoms with Crippen molar-refractivity contribution >= 4 is 33.7 Å². The van der Waals surface area contributed by atoms with Gasteiger partial charge in [-0.3, -0.25) is 0 Å². The monoisotopic (exact) mass is 650 g/mol. The first-order valence-corrected chi connectivity index (χ1v) is 20.2. The van der Waals surface area contributed by atoms with Crippen LogP contribution in [0.3, 0.4) is 0 Å². The van der Waals surface area contributed by atoms with Crippen molar-refractivity contribution < 1.29 is 14.3 Å². The van der Waals surface area contributed by atoms with E-state index in [1.165, 1.54) is 51.4 Å². The van der Waals surface area contributed by atoms with E-state index in [0.717, 1.165) is 66.3 Å². The largest absolute Gasteiger partial charge is 0.446 e. The molecule has 0 aromatic heterocycles. The minimum atomic E-state index is -0.287. The molecule has 0 heterocycles. The van der Waals surface area contributed by atoms with Crippen molar-refractivity contribution in [3.8, 4) is 0 Å². The van der Waals surface area contributed by atoms with E-state index in [2.05, 4.69) is 56.6 Å². The summed E-state index contributed by atoms with van der Waals surface area (Å²) in [6.45, 7) is 14.6. The lowest BCUT2D eigenvalue weighted by atomic mass is 9.47. The molecule has 4 rings (SSSR count). The Morgan fingerprint density at radius 1 is 0.955 bits per heavy atom. The number of nitrogens with two attached hydrogens (primary N) is 1. The summed E-state index contributed by atoms with van der Waals surface area (Å²) >= 11 is 0. The molecule has 5 N–H and O–H groups in total. The summed E-state index contributed by atoms with van der Waals surface area (Å²) in [6, 6.07) is -0.182. The maximum Gasteiger partial charge on any atom is 0.407 e. The molecule has 7 nitrogen and oxygen atoms in total. The van der Waals surface area contributed by atoms with Gasteiger partial charge < -0.3 is 26.4 Å². The van der Waals surface area contributed by atoms with Crippen LogP contribution < -0.4 is 21.7 Å². The molecule has 0 bridgehead atoms. The van der Waals surface area contributed by atoms with Crippen LogP contribution in [-0.4, -0.2) is 55.9 Å². The van der Waals surface area contributed by atoms with Gasteiger partial charge in [0, 0.05) is 44.1 Å². The topological polar surface area (TPSA) is 105 Å². The summed E-state index contributed by atoms with van der Waals surface area (Å²) in [5, 5.41) is 8.43. The van der Waals surface area contributed by atoms with Gasteiger partial charge in [0.15, 0.2) is 0 Å². The Balaban J connectivity index is 1.18. The molecule has 0 radical (unpaired) electrons. The molecule has 0 aromatic carbocycles. The van der Waals surface area contributed by atoms with Crippen LogP contribution in [0.1, 0.15) is 105 Å². The van der Waals surface area contributed by atoms with Gasteiger partial charge >= 0.3 is 12.1 Å². The summed E-state index contributed by atoms with van der Waals surface area (Å²) in [6.07, 6.45) is 16.3. The number of ether oxygens (including phenoxy) is 1. The van der Waals surface area contributed by atoms with Crippen LogP contribution in [0.25, 0.3) is 0 Å². The van der Waals surface area contributed by atoms with Crippen LogP contribution in [0.2, 0.25) is 0 Å². The number of fused-ring (bicyclic) bond motifs is 5. The first kappa shape index (κ1) is 35.8. The first-order chi connectivity index (χ1) is 21.1. The fourth-order valence-electron chi connectivity index (χ4n) is 9.71. The Morgan fingerprint density at radius 2 is 1.68 bits per heavy atom. The highest BCUT2D eigenvalue weighted by Crippen LogP contribution is 2.67. The molecule has 0 aliphatic heterocycles. The number of amides is 3. The Labute approximate surface area is 276 Å². The summed E-state index contributed by atoms with van der Waals surface area (Å²) in [5.41, 5.74) is 7.74. The average Bonchev–Trinajstić information content (AvgIpc) is 3.34. The number of urea groups is 1. The van der Waals surface area contributed by atoms with Gasteiger partial charge in [-0.2, -0.15) is 0 Å². The van der Waals surface area contributed by atoms with Gasteiger partial charge in [-0.05, 0) is 91.3 Å². The molecule has 4 aliphatic rings. The van der Waals surface area contributed by atoms with E-state index in [0.29, 0.717) is 31.6 Å². The molecule has 8 unspecified atom stereocenters. The smallest absolute Gasteiger partial charge is 0.407 e. The van der Waals surface area contributed by atoms with Gasteiger partial charge in [0.2, 0.25) is 0 Å². The maximum absolute atomic E-state index is 12.6. The van der Waals surface area contributed by atoms with Crippen LogP contribution in [0, 0.1) is 46.3 Å². The van der Waals surface area contributed by atoms with Crippen LogP contribution in [0.15, 0.2) is 11.6 Å². The van der Waals surface area contributed by atoms with Crippen molar-refractivity contribution in [2.24, 2.45) is 52.1 Å². The molecular weight excluding hydrogens is 589 g/mol. The third-order valence-electron chi connectivity index (χ3n) is 12.0. The number of alkyl carbamates (subject to hydrolysis) is 1. The first-order valence-electron chi connectivity index (χ1n) is 17.7. The molecule has 3 saturated carbocycles. The van der Waals surface area contributed by atoms with Gasteiger partial charge in [-0.1, -0.05) is 87.1 Å². The lowest BCUT2D eigenvalue weighted by Gasteiger charge is -2.58. The minimum absolute atomic E-state index is 0.0131. The van der Waals surface area contributed by atoms with Crippen LogP contribution in [0.5, 0.6) is 0 Å². The third kappa shape index (κ3) is 8.84. The number of hydrogen-bond donors (Lipinski definition) is 4. The highest BCUT2D eigenvalue weighted by Gasteiger charge is 2.59. The maximum atomic E-state index is 12.6. The number of carbonyl (C=O) groups excluding carboxylic acids is 2. The highest BCUT2D eigenvalue weighted by molar-refractivity contribution is 8.76. The normalized spacial score (nSPS) is 33.4. The van der Waals surface area contributed by atoms with E-state index in [1.807, 2.05) is 0 Å². The molecule has 9 heteroatoms. The van der Waals surface area contributed by atoms with Gasteiger partial charge in [0.25, 0.3) is 0 Å². The lowest BCUT2D eigenvalue weighted by molar-refractivity contribution is -0.0581. The van der Waals surface area contributed by atoms with Crippen LogP contribution >= 0.6 is 21.6 Å². The van der Waals surface area contributed by atoms with Gasteiger partial charge in [0.1, 0.15) is 6.10 Å². The van der Waals surface area contributed by atoms with E-state index < -0.39 is 0 Å². The second-order valence-electron chi connectivity index (χ2n) is 15.1. The van der Waals surface area contributed by atoms with Crippen LogP contribution in [-0.2, 0) is 4.74 Å². The number of hydrogen-bond acceptors (Lipinski definition) is 6. The zero-order valence-electron chi connectivity index (χ0n) is 28.3. The number of rotatable bonds is 15. The molecule has 3 fully saturated rings. The number of carbonyl (C=O) groups is 2. The zero-order valence-corrected chi connectivity index (χ0v) is 29.9. The van der Waals surface area contributed by atoms with E-state index in [9.17, 15) is 9.59 Å². The fraction of sp³-hybridized carbons (Fsp3) is 0.886. The van der Waals surface area contributed by atoms with E-state index in [1.54, 1.807) is 27.2 Å². The Bertz CT molecular complexity index is 980. The summed E-state index contributed by atoms with van der Waals surface area (Å²) in [7, 11) is 3.38. The molecule has 4 aliphatic carbocycles. The second kappa shape index (κ2) is 16.7. The SMILES string of the molecule is CC(C)CCCC(C)C1CCC2C3CC=C4CC(OC(=O)NCCSSCCNC(=O)NCCN)CCC4(C)C3CCC12C. The lowest BCUT2D eigenvalue weighted by Crippen LogP contribution is -2.51. The van der Waals surface area contributed by atoms with Crippen molar-refractivity contribution in [2.75, 3.05) is 37.7 Å². The predicted molar refractivity (Wildman–Crippen MR) is 187 cm³/mol. The van der Waals surface area contributed by atoms with Gasteiger partial charge in [-0.25, -0.2) is 9.59 Å². The summed E-state index contributed by atoms with van der Waals surface area (Å²) in [4.78, 5) is 24.1. The molecule has 44 heavy (non-hydrogen) atoms. The molecule has 0 aromatic rings. The summed E-state index contributed by atoms with van der Waals surface area (Å²) in [5.74, 6) is 6.67. The van der Waals surface area contributed by atoms with Crippen molar-refractivity contribution in [1.82, 2.24) is 16.0 Å². The number of allylic oxidation sites excluding steroid dienone is 1. The van der Waals surface area contributed by atoms with E-state index >= 15 is 0 Å². The molecular formula is C35H62N4O3S2. The zero-order chi connectivity index (χ0) is 31.7. The predicted octanol–water partition coefficient (Wildman–Crippen LogP) is 7.76. The standard InChI is InChI=1S/C35H62N4O3S2/c1-24(2)7-6-8-25(3)29-11-12-30-28-10-9-26-23-27(13-15-34(26,4)31(28)14-16-35(29,30)5)42-33(41)39-20-22-44-43-21-19-38-32(40)37-18-17-36/h9,24-25,27-31H,6-8,10-23,36H2,1-5H3,(H,39,41)(H2,37,38,40). The quantitative estimate of drug-likeness (QED) is 0.0820. The van der Waals surface area contributed by atoms with E-state index in [-0.39, 0.29) is 23.6 Å². The number of nitrogens with one attached hydrogen (secondary N) is 3. The van der Waals surface area contributed by atoms with Crippen molar-refractivity contribution in [1.29, 1.82) is 0 Å². The Morgan fingerprint density at radius 3 is 2.41 bits per heavy atom.